The van der Waals surface area contributed by atoms with Gasteiger partial charge in [0.1, 0.15) is 17.7 Å². The summed E-state index contributed by atoms with van der Waals surface area (Å²) in [4.78, 5) is 14.9. The first-order valence-electron chi connectivity index (χ1n) is 7.55. The Hall–Kier alpha value is -1.93. The molecule has 2 aliphatic heterocycles. The van der Waals surface area contributed by atoms with Crippen LogP contribution in [0.5, 0.6) is 0 Å². The Morgan fingerprint density at radius 3 is 2.55 bits per heavy atom. The summed E-state index contributed by atoms with van der Waals surface area (Å²) in [5.41, 5.74) is 0.481. The van der Waals surface area contributed by atoms with Crippen LogP contribution in [-0.4, -0.2) is 48.4 Å². The summed E-state index contributed by atoms with van der Waals surface area (Å²) < 4.78 is 10.6. The van der Waals surface area contributed by atoms with Crippen molar-refractivity contribution in [2.24, 2.45) is 0 Å². The van der Waals surface area contributed by atoms with Gasteiger partial charge in [-0.2, -0.15) is 0 Å². The van der Waals surface area contributed by atoms with Crippen molar-refractivity contribution in [2.45, 2.75) is 31.3 Å². The quantitative estimate of drug-likeness (QED) is 0.632. The summed E-state index contributed by atoms with van der Waals surface area (Å²) >= 11 is 0. The minimum absolute atomic E-state index is 0.00979. The van der Waals surface area contributed by atoms with Crippen LogP contribution in [0.25, 0.3) is 0 Å². The van der Waals surface area contributed by atoms with Crippen molar-refractivity contribution < 1.29 is 14.4 Å². The molecule has 0 aliphatic carbocycles. The lowest BCUT2D eigenvalue weighted by Gasteiger charge is -2.24. The van der Waals surface area contributed by atoms with E-state index in [2.05, 4.69) is 15.6 Å². The van der Waals surface area contributed by atoms with Crippen LogP contribution >= 0.6 is 0 Å². The Morgan fingerprint density at radius 1 is 1.14 bits per heavy atom. The maximum Gasteiger partial charge on any atom is 0.310 e. The molecule has 8 heteroatoms. The van der Waals surface area contributed by atoms with Crippen molar-refractivity contribution in [1.82, 2.24) is 4.98 Å². The maximum atomic E-state index is 11.2. The van der Waals surface area contributed by atoms with E-state index in [1.807, 2.05) is 0 Å². The number of nitrogens with zero attached hydrogens (tertiary/aromatic N) is 2. The molecule has 3 heterocycles. The molecule has 2 fully saturated rings. The fourth-order valence-corrected chi connectivity index (χ4v) is 2.71. The molecule has 22 heavy (non-hydrogen) atoms. The highest BCUT2D eigenvalue weighted by Crippen LogP contribution is 2.28. The summed E-state index contributed by atoms with van der Waals surface area (Å²) in [6, 6.07) is 2.12. The first-order valence-corrected chi connectivity index (χ1v) is 7.55. The van der Waals surface area contributed by atoms with E-state index >= 15 is 0 Å². The van der Waals surface area contributed by atoms with Gasteiger partial charge in [0.25, 0.3) is 0 Å². The molecule has 0 radical (unpaired) electrons. The highest BCUT2D eigenvalue weighted by atomic mass is 16.6. The van der Waals surface area contributed by atoms with Gasteiger partial charge in [-0.05, 0) is 19.3 Å². The van der Waals surface area contributed by atoms with Gasteiger partial charge in [0.15, 0.2) is 0 Å². The second-order valence-corrected chi connectivity index (χ2v) is 5.58. The van der Waals surface area contributed by atoms with Crippen LogP contribution in [0.1, 0.15) is 19.3 Å². The van der Waals surface area contributed by atoms with Crippen molar-refractivity contribution >= 4 is 17.2 Å². The molecule has 8 nitrogen and oxygen atoms in total. The van der Waals surface area contributed by atoms with Crippen LogP contribution in [0.15, 0.2) is 12.3 Å². The van der Waals surface area contributed by atoms with Gasteiger partial charge in [0.2, 0.25) is 0 Å². The van der Waals surface area contributed by atoms with Crippen LogP contribution in [0.2, 0.25) is 0 Å². The smallest absolute Gasteiger partial charge is 0.310 e. The van der Waals surface area contributed by atoms with E-state index in [4.69, 9.17) is 9.47 Å². The Balaban J connectivity index is 1.74. The van der Waals surface area contributed by atoms with Crippen LogP contribution in [0, 0.1) is 10.1 Å². The minimum atomic E-state index is -0.413. The molecule has 3 rings (SSSR count). The summed E-state index contributed by atoms with van der Waals surface area (Å²) in [5.74, 6) is 0.652. The second-order valence-electron chi connectivity index (χ2n) is 5.58. The zero-order valence-corrected chi connectivity index (χ0v) is 12.3. The third-order valence-electron chi connectivity index (χ3n) is 3.94. The van der Waals surface area contributed by atoms with Crippen LogP contribution in [0.4, 0.5) is 17.2 Å². The van der Waals surface area contributed by atoms with Crippen LogP contribution in [0.3, 0.4) is 0 Å². The van der Waals surface area contributed by atoms with E-state index in [1.165, 1.54) is 6.20 Å². The Morgan fingerprint density at radius 2 is 1.86 bits per heavy atom. The molecule has 0 amide bonds. The third-order valence-corrected chi connectivity index (χ3v) is 3.94. The van der Waals surface area contributed by atoms with Crippen molar-refractivity contribution in [1.29, 1.82) is 0 Å². The standard InChI is InChI=1S/C14H20N4O4/c19-18(20)13-8-15-14(17-10-1-4-21-5-2-10)7-12(13)16-11-3-6-22-9-11/h7-8,10-11H,1-6,9H2,(H2,15,16,17)/t11-/m0/s1. The van der Waals surface area contributed by atoms with Crippen molar-refractivity contribution in [3.63, 3.8) is 0 Å². The van der Waals surface area contributed by atoms with E-state index in [0.29, 0.717) is 30.8 Å². The summed E-state index contributed by atoms with van der Waals surface area (Å²) in [6.07, 6.45) is 3.98. The summed E-state index contributed by atoms with van der Waals surface area (Å²) in [7, 11) is 0. The Bertz CT molecular complexity index is 528. The highest BCUT2D eigenvalue weighted by Gasteiger charge is 2.22. The monoisotopic (exact) mass is 308 g/mol. The number of hydrogen-bond donors (Lipinski definition) is 2. The average molecular weight is 308 g/mol. The number of pyridine rings is 1. The van der Waals surface area contributed by atoms with E-state index in [-0.39, 0.29) is 11.7 Å². The van der Waals surface area contributed by atoms with Gasteiger partial charge in [-0.25, -0.2) is 4.98 Å². The van der Waals surface area contributed by atoms with Crippen molar-refractivity contribution in [3.8, 4) is 0 Å². The molecule has 1 aromatic heterocycles. The van der Waals surface area contributed by atoms with Gasteiger partial charge < -0.3 is 20.1 Å². The van der Waals surface area contributed by atoms with Crippen LogP contribution in [-0.2, 0) is 9.47 Å². The molecule has 1 aromatic rings. The summed E-state index contributed by atoms with van der Waals surface area (Å²) in [6.45, 7) is 2.72. The number of ether oxygens (including phenoxy) is 2. The molecule has 0 saturated carbocycles. The number of nitro groups is 1. The molecule has 0 spiro atoms. The highest BCUT2D eigenvalue weighted by molar-refractivity contribution is 5.65. The van der Waals surface area contributed by atoms with Crippen LogP contribution < -0.4 is 10.6 Å². The summed E-state index contributed by atoms with van der Waals surface area (Å²) in [5, 5.41) is 17.7. The van der Waals surface area contributed by atoms with Crippen molar-refractivity contribution in [2.75, 3.05) is 37.1 Å². The zero-order chi connectivity index (χ0) is 15.4. The zero-order valence-electron chi connectivity index (χ0n) is 12.3. The molecular weight excluding hydrogens is 288 g/mol. The van der Waals surface area contributed by atoms with E-state index in [9.17, 15) is 10.1 Å². The fourth-order valence-electron chi connectivity index (χ4n) is 2.71. The molecular formula is C14H20N4O4. The third kappa shape index (κ3) is 3.63. The predicted molar refractivity (Wildman–Crippen MR) is 81.2 cm³/mol. The van der Waals surface area contributed by atoms with E-state index in [1.54, 1.807) is 6.07 Å². The molecule has 0 aromatic carbocycles. The van der Waals surface area contributed by atoms with Gasteiger partial charge in [-0.1, -0.05) is 0 Å². The second kappa shape index (κ2) is 6.89. The lowest BCUT2D eigenvalue weighted by Crippen LogP contribution is -2.28. The normalized spacial score (nSPS) is 22.5. The molecule has 2 aliphatic rings. The lowest BCUT2D eigenvalue weighted by atomic mass is 10.1. The fraction of sp³-hybridized carbons (Fsp3) is 0.643. The minimum Gasteiger partial charge on any atom is -0.381 e. The first-order chi connectivity index (χ1) is 10.7. The molecule has 2 saturated heterocycles. The van der Waals surface area contributed by atoms with Gasteiger partial charge in [0, 0.05) is 31.9 Å². The largest absolute Gasteiger partial charge is 0.381 e. The molecule has 2 N–H and O–H groups in total. The Labute approximate surface area is 128 Å². The average Bonchev–Trinajstić information content (AvgIpc) is 3.01. The molecule has 0 bridgehead atoms. The van der Waals surface area contributed by atoms with Gasteiger partial charge >= 0.3 is 5.69 Å². The van der Waals surface area contributed by atoms with Crippen molar-refractivity contribution in [3.05, 3.63) is 22.4 Å². The van der Waals surface area contributed by atoms with E-state index in [0.717, 1.165) is 32.5 Å². The number of aromatic nitrogens is 1. The van der Waals surface area contributed by atoms with Gasteiger partial charge in [-0.3, -0.25) is 10.1 Å². The predicted octanol–water partition coefficient (Wildman–Crippen LogP) is 1.78. The molecule has 0 unspecified atom stereocenters. The number of hydrogen-bond acceptors (Lipinski definition) is 7. The number of rotatable bonds is 5. The lowest BCUT2D eigenvalue weighted by molar-refractivity contribution is -0.384. The van der Waals surface area contributed by atoms with Gasteiger partial charge in [0.05, 0.1) is 17.6 Å². The van der Waals surface area contributed by atoms with Gasteiger partial charge in [-0.15, -0.1) is 0 Å². The Kier molecular flexibility index (Phi) is 4.69. The number of nitrogens with one attached hydrogen (secondary N) is 2. The topological polar surface area (TPSA) is 98.6 Å². The molecule has 120 valence electrons. The SMILES string of the molecule is O=[N+]([O-])c1cnc(NC2CCOCC2)cc1N[C@H]1CCOC1. The number of anilines is 2. The molecule has 1 atom stereocenters. The van der Waals surface area contributed by atoms with E-state index < -0.39 is 4.92 Å². The maximum absolute atomic E-state index is 11.2. The first kappa shape index (κ1) is 15.0.